The minimum absolute atomic E-state index is 0.205. The zero-order valence-corrected chi connectivity index (χ0v) is 10.2. The largest absolute Gasteiger partial charge is 0.456 e. The molecule has 0 saturated heterocycles. The summed E-state index contributed by atoms with van der Waals surface area (Å²) >= 11 is 0. The molecule has 0 aliphatic heterocycles. The predicted octanol–water partition coefficient (Wildman–Crippen LogP) is 3.22. The third kappa shape index (κ3) is 2.77. The number of nitrogens with one attached hydrogen (secondary N) is 1. The minimum Gasteiger partial charge on any atom is -0.456 e. The van der Waals surface area contributed by atoms with Crippen molar-refractivity contribution in [3.8, 4) is 0 Å². The summed E-state index contributed by atoms with van der Waals surface area (Å²) in [6, 6.07) is 9.19. The normalized spacial score (nSPS) is 12.2. The number of amides is 1. The Balaban J connectivity index is 2.05. The van der Waals surface area contributed by atoms with Crippen LogP contribution in [0.25, 0.3) is 0 Å². The molecule has 4 heteroatoms. The molecular weight excluding hydrogens is 233 g/mol. The topological polar surface area (TPSA) is 42.2 Å². The lowest BCUT2D eigenvalue weighted by Crippen LogP contribution is -2.26. The van der Waals surface area contributed by atoms with Gasteiger partial charge in [0.1, 0.15) is 11.6 Å². The third-order valence-corrected chi connectivity index (χ3v) is 2.68. The van der Waals surface area contributed by atoms with Crippen LogP contribution in [0.5, 0.6) is 0 Å². The first-order valence-electron chi connectivity index (χ1n) is 5.69. The van der Waals surface area contributed by atoms with Gasteiger partial charge >= 0.3 is 0 Å². The summed E-state index contributed by atoms with van der Waals surface area (Å²) in [4.78, 5) is 11.8. The van der Waals surface area contributed by atoms with E-state index in [9.17, 15) is 9.18 Å². The summed E-state index contributed by atoms with van der Waals surface area (Å²) in [6.07, 6.45) is 0. The van der Waals surface area contributed by atoms with Crippen LogP contribution < -0.4 is 5.32 Å². The first kappa shape index (κ1) is 12.4. The Labute approximate surface area is 105 Å². The molecule has 94 valence electrons. The second-order valence-electron chi connectivity index (χ2n) is 4.16. The van der Waals surface area contributed by atoms with Crippen molar-refractivity contribution in [3.05, 3.63) is 59.3 Å². The molecule has 0 spiro atoms. The van der Waals surface area contributed by atoms with Crippen molar-refractivity contribution in [2.24, 2.45) is 0 Å². The van der Waals surface area contributed by atoms with Crippen molar-refractivity contribution >= 4 is 5.91 Å². The second kappa shape index (κ2) is 5.04. The average Bonchev–Trinajstić information content (AvgIpc) is 2.76. The average molecular weight is 247 g/mol. The zero-order chi connectivity index (χ0) is 13.1. The first-order chi connectivity index (χ1) is 8.56. The number of halogens is 1. The molecule has 0 saturated carbocycles. The minimum atomic E-state index is -0.293. The van der Waals surface area contributed by atoms with Gasteiger partial charge in [-0.15, -0.1) is 0 Å². The Kier molecular flexibility index (Phi) is 3.46. The summed E-state index contributed by atoms with van der Waals surface area (Å²) in [5.41, 5.74) is 0.841. The molecule has 0 radical (unpaired) electrons. The van der Waals surface area contributed by atoms with Crippen molar-refractivity contribution in [2.75, 3.05) is 0 Å². The van der Waals surface area contributed by atoms with Gasteiger partial charge in [-0.1, -0.05) is 12.1 Å². The van der Waals surface area contributed by atoms with Crippen LogP contribution in [-0.4, -0.2) is 5.91 Å². The molecule has 3 nitrogen and oxygen atoms in total. The first-order valence-corrected chi connectivity index (χ1v) is 5.69. The summed E-state index contributed by atoms with van der Waals surface area (Å²) in [6.45, 7) is 3.61. The lowest BCUT2D eigenvalue weighted by Gasteiger charge is -2.13. The van der Waals surface area contributed by atoms with Gasteiger partial charge < -0.3 is 9.73 Å². The van der Waals surface area contributed by atoms with Gasteiger partial charge in [-0.25, -0.2) is 4.39 Å². The fourth-order valence-corrected chi connectivity index (χ4v) is 1.66. The standard InChI is InChI=1S/C14H14FNO2/c1-9-3-8-13(18-9)14(17)16-10(2)11-4-6-12(15)7-5-11/h3-8,10H,1-2H3,(H,16,17)/t10-/m1/s1. The molecule has 1 aromatic carbocycles. The highest BCUT2D eigenvalue weighted by molar-refractivity contribution is 5.91. The quantitative estimate of drug-likeness (QED) is 0.904. The Morgan fingerprint density at radius 2 is 1.89 bits per heavy atom. The molecular formula is C14H14FNO2. The van der Waals surface area contributed by atoms with E-state index in [1.807, 2.05) is 6.92 Å². The van der Waals surface area contributed by atoms with Gasteiger partial charge in [0, 0.05) is 0 Å². The molecule has 0 fully saturated rings. The van der Waals surface area contributed by atoms with Crippen LogP contribution in [-0.2, 0) is 0 Å². The van der Waals surface area contributed by atoms with E-state index in [1.165, 1.54) is 12.1 Å². The number of rotatable bonds is 3. The molecule has 1 heterocycles. The lowest BCUT2D eigenvalue weighted by molar-refractivity contribution is 0.0910. The fraction of sp³-hybridized carbons (Fsp3) is 0.214. The zero-order valence-electron chi connectivity index (χ0n) is 10.2. The fourth-order valence-electron chi connectivity index (χ4n) is 1.66. The highest BCUT2D eigenvalue weighted by atomic mass is 19.1. The molecule has 0 aliphatic rings. The van der Waals surface area contributed by atoms with Crippen LogP contribution >= 0.6 is 0 Å². The molecule has 18 heavy (non-hydrogen) atoms. The van der Waals surface area contributed by atoms with Crippen LogP contribution in [0.15, 0.2) is 40.8 Å². The van der Waals surface area contributed by atoms with E-state index in [2.05, 4.69) is 5.32 Å². The number of hydrogen-bond donors (Lipinski definition) is 1. The smallest absolute Gasteiger partial charge is 0.287 e. The Bertz CT molecular complexity index is 545. The molecule has 1 aromatic heterocycles. The van der Waals surface area contributed by atoms with Crippen molar-refractivity contribution in [3.63, 3.8) is 0 Å². The Morgan fingerprint density at radius 3 is 2.44 bits per heavy atom. The predicted molar refractivity (Wildman–Crippen MR) is 65.7 cm³/mol. The molecule has 1 N–H and O–H groups in total. The molecule has 1 atom stereocenters. The summed E-state index contributed by atoms with van der Waals surface area (Å²) < 4.78 is 18.0. The number of benzene rings is 1. The van der Waals surface area contributed by atoms with Gasteiger partial charge in [0.25, 0.3) is 5.91 Å². The van der Waals surface area contributed by atoms with E-state index < -0.39 is 0 Å². The maximum atomic E-state index is 12.8. The monoisotopic (exact) mass is 247 g/mol. The van der Waals surface area contributed by atoms with Gasteiger partial charge in [0.15, 0.2) is 5.76 Å². The van der Waals surface area contributed by atoms with Crippen LogP contribution in [0.3, 0.4) is 0 Å². The molecule has 1 amide bonds. The Hall–Kier alpha value is -2.10. The van der Waals surface area contributed by atoms with Crippen LogP contribution in [0.1, 0.15) is 34.8 Å². The molecule has 0 bridgehead atoms. The van der Waals surface area contributed by atoms with Crippen molar-refractivity contribution < 1.29 is 13.6 Å². The number of carbonyl (C=O) groups excluding carboxylic acids is 1. The van der Waals surface area contributed by atoms with E-state index in [0.29, 0.717) is 5.76 Å². The van der Waals surface area contributed by atoms with Crippen molar-refractivity contribution in [1.29, 1.82) is 0 Å². The molecule has 2 rings (SSSR count). The van der Waals surface area contributed by atoms with Gasteiger partial charge in [-0.2, -0.15) is 0 Å². The highest BCUT2D eigenvalue weighted by Crippen LogP contribution is 2.14. The van der Waals surface area contributed by atoms with E-state index >= 15 is 0 Å². The van der Waals surface area contributed by atoms with E-state index in [-0.39, 0.29) is 23.5 Å². The van der Waals surface area contributed by atoms with Gasteiger partial charge in [-0.05, 0) is 43.7 Å². The molecule has 0 unspecified atom stereocenters. The number of hydrogen-bond acceptors (Lipinski definition) is 2. The number of furan rings is 1. The lowest BCUT2D eigenvalue weighted by atomic mass is 10.1. The van der Waals surface area contributed by atoms with E-state index in [4.69, 9.17) is 4.42 Å². The van der Waals surface area contributed by atoms with E-state index in [1.54, 1.807) is 31.2 Å². The van der Waals surface area contributed by atoms with Crippen molar-refractivity contribution in [1.82, 2.24) is 5.32 Å². The van der Waals surface area contributed by atoms with Crippen LogP contribution in [0.4, 0.5) is 4.39 Å². The summed E-state index contributed by atoms with van der Waals surface area (Å²) in [7, 11) is 0. The van der Waals surface area contributed by atoms with Crippen molar-refractivity contribution in [2.45, 2.75) is 19.9 Å². The van der Waals surface area contributed by atoms with Crippen LogP contribution in [0.2, 0.25) is 0 Å². The van der Waals surface area contributed by atoms with Gasteiger partial charge in [0.05, 0.1) is 6.04 Å². The highest BCUT2D eigenvalue weighted by Gasteiger charge is 2.14. The molecule has 2 aromatic rings. The Morgan fingerprint density at radius 1 is 1.22 bits per heavy atom. The van der Waals surface area contributed by atoms with E-state index in [0.717, 1.165) is 5.56 Å². The summed E-state index contributed by atoms with van der Waals surface area (Å²) in [5, 5.41) is 2.79. The van der Waals surface area contributed by atoms with Crippen LogP contribution in [0, 0.1) is 12.7 Å². The third-order valence-electron chi connectivity index (χ3n) is 2.68. The maximum absolute atomic E-state index is 12.8. The number of aryl methyl sites for hydroxylation is 1. The number of carbonyl (C=O) groups is 1. The SMILES string of the molecule is Cc1ccc(C(=O)N[C@H](C)c2ccc(F)cc2)o1. The molecule has 0 aliphatic carbocycles. The van der Waals surface area contributed by atoms with Gasteiger partial charge in [-0.3, -0.25) is 4.79 Å². The maximum Gasteiger partial charge on any atom is 0.287 e. The summed E-state index contributed by atoms with van der Waals surface area (Å²) in [5.74, 6) is 0.398. The second-order valence-corrected chi connectivity index (χ2v) is 4.16. The van der Waals surface area contributed by atoms with Gasteiger partial charge in [0.2, 0.25) is 0 Å².